The van der Waals surface area contributed by atoms with Crippen LogP contribution in [0.1, 0.15) is 30.3 Å². The summed E-state index contributed by atoms with van der Waals surface area (Å²) in [6, 6.07) is 9.52. The first-order chi connectivity index (χ1) is 12.1. The zero-order chi connectivity index (χ0) is 17.4. The molecule has 6 nitrogen and oxygen atoms in total. The highest BCUT2D eigenvalue weighted by atomic mass is 32.2. The van der Waals surface area contributed by atoms with Crippen LogP contribution < -0.4 is 5.32 Å². The summed E-state index contributed by atoms with van der Waals surface area (Å²) in [6.07, 6.45) is 2.00. The summed E-state index contributed by atoms with van der Waals surface area (Å²) in [5, 5.41) is 12.2. The molecule has 0 aliphatic carbocycles. The van der Waals surface area contributed by atoms with Gasteiger partial charge in [0, 0.05) is 12.2 Å². The maximum Gasteiger partial charge on any atom is 0.249 e. The number of nitrogens with zero attached hydrogens (tertiary/aromatic N) is 3. The Labute approximate surface area is 154 Å². The van der Waals surface area contributed by atoms with Crippen molar-refractivity contribution in [3.8, 4) is 0 Å². The molecule has 0 saturated carbocycles. The summed E-state index contributed by atoms with van der Waals surface area (Å²) >= 11 is 3.06. The van der Waals surface area contributed by atoms with Gasteiger partial charge in [-0.05, 0) is 18.4 Å². The molecule has 0 spiro atoms. The Kier molecular flexibility index (Phi) is 4.24. The number of benzene rings is 1. The van der Waals surface area contributed by atoms with Gasteiger partial charge >= 0.3 is 0 Å². The first-order valence-corrected chi connectivity index (χ1v) is 10.1. The van der Waals surface area contributed by atoms with Crippen molar-refractivity contribution in [1.82, 2.24) is 15.1 Å². The minimum atomic E-state index is -0.478. The van der Waals surface area contributed by atoms with Crippen LogP contribution in [0.25, 0.3) is 0 Å². The monoisotopic (exact) mass is 374 g/mol. The number of amides is 2. The highest BCUT2D eigenvalue weighted by Gasteiger charge is 2.56. The van der Waals surface area contributed by atoms with Crippen molar-refractivity contribution in [1.29, 1.82) is 0 Å². The Hall–Kier alpha value is -1.93. The van der Waals surface area contributed by atoms with Crippen molar-refractivity contribution < 1.29 is 9.59 Å². The summed E-state index contributed by atoms with van der Waals surface area (Å²) in [4.78, 5) is 26.7. The molecule has 2 fully saturated rings. The van der Waals surface area contributed by atoms with Crippen LogP contribution in [0.3, 0.4) is 0 Å². The number of carbonyl (C=O) groups excluding carboxylic acids is 2. The van der Waals surface area contributed by atoms with Gasteiger partial charge in [-0.1, -0.05) is 48.6 Å². The number of rotatable bonds is 4. The van der Waals surface area contributed by atoms with E-state index in [0.29, 0.717) is 17.3 Å². The molecule has 0 unspecified atom stereocenters. The predicted molar refractivity (Wildman–Crippen MR) is 98.4 cm³/mol. The Morgan fingerprint density at radius 2 is 2.16 bits per heavy atom. The zero-order valence-electron chi connectivity index (χ0n) is 13.8. The van der Waals surface area contributed by atoms with E-state index in [-0.39, 0.29) is 11.8 Å². The molecule has 2 atom stereocenters. The molecule has 25 heavy (non-hydrogen) atoms. The second kappa shape index (κ2) is 6.42. The first-order valence-electron chi connectivity index (χ1n) is 8.29. The van der Waals surface area contributed by atoms with Gasteiger partial charge in [-0.2, -0.15) is 0 Å². The van der Waals surface area contributed by atoms with Crippen LogP contribution in [0.4, 0.5) is 5.13 Å². The van der Waals surface area contributed by atoms with Crippen LogP contribution in [0.2, 0.25) is 0 Å². The molecule has 2 amide bonds. The maximum atomic E-state index is 12.8. The van der Waals surface area contributed by atoms with Crippen LogP contribution >= 0.6 is 23.1 Å². The normalized spacial score (nSPS) is 25.2. The number of aryl methyl sites for hydroxylation is 1. The fourth-order valence-corrected chi connectivity index (χ4v) is 5.81. The lowest BCUT2D eigenvalue weighted by Crippen LogP contribution is -2.48. The maximum absolute atomic E-state index is 12.8. The Bertz CT molecular complexity index is 810. The minimum Gasteiger partial charge on any atom is -0.311 e. The summed E-state index contributed by atoms with van der Waals surface area (Å²) in [6.45, 7) is 2.00. The molecule has 2 aliphatic heterocycles. The summed E-state index contributed by atoms with van der Waals surface area (Å²) in [7, 11) is 0. The zero-order valence-corrected chi connectivity index (χ0v) is 15.4. The molecular formula is C17H18N4O2S2. The molecule has 1 N–H and O–H groups in total. The topological polar surface area (TPSA) is 75.2 Å². The molecule has 1 aromatic heterocycles. The van der Waals surface area contributed by atoms with E-state index >= 15 is 0 Å². The molecule has 2 aliphatic rings. The molecule has 2 saturated heterocycles. The van der Waals surface area contributed by atoms with Crippen molar-refractivity contribution in [3.05, 3.63) is 40.9 Å². The third-order valence-corrected chi connectivity index (χ3v) is 7.23. The molecule has 0 radical (unpaired) electrons. The van der Waals surface area contributed by atoms with E-state index in [1.165, 1.54) is 11.3 Å². The second-order valence-corrected chi connectivity index (χ2v) is 8.44. The summed E-state index contributed by atoms with van der Waals surface area (Å²) in [5.41, 5.74) is 1.09. The van der Waals surface area contributed by atoms with Crippen LogP contribution in [-0.2, 0) is 20.9 Å². The molecule has 0 bridgehead atoms. The van der Waals surface area contributed by atoms with Gasteiger partial charge < -0.3 is 4.90 Å². The second-order valence-electron chi connectivity index (χ2n) is 6.08. The number of thioether (sulfide) groups is 1. The first kappa shape index (κ1) is 16.5. The summed E-state index contributed by atoms with van der Waals surface area (Å²) < 4.78 is 0. The van der Waals surface area contributed by atoms with Gasteiger partial charge in [0.1, 0.15) is 15.9 Å². The predicted octanol–water partition coefficient (Wildman–Crippen LogP) is 2.63. The van der Waals surface area contributed by atoms with E-state index in [0.717, 1.165) is 23.4 Å². The number of carbonyl (C=O) groups is 2. The van der Waals surface area contributed by atoms with Gasteiger partial charge in [0.05, 0.1) is 0 Å². The molecule has 3 heterocycles. The minimum absolute atomic E-state index is 0.0421. The molecule has 1 aromatic carbocycles. The number of nitrogens with one attached hydrogen (secondary N) is 1. The average Bonchev–Trinajstić information content (AvgIpc) is 3.32. The van der Waals surface area contributed by atoms with Gasteiger partial charge in [-0.3, -0.25) is 14.9 Å². The van der Waals surface area contributed by atoms with Crippen LogP contribution in [-0.4, -0.2) is 38.7 Å². The molecule has 4 rings (SSSR count). The fraction of sp³-hybridized carbons (Fsp3) is 0.412. The molecule has 2 aromatic rings. The van der Waals surface area contributed by atoms with Gasteiger partial charge in [0.25, 0.3) is 0 Å². The lowest BCUT2D eigenvalue weighted by atomic mass is 10.0. The lowest BCUT2D eigenvalue weighted by Gasteiger charge is -2.33. The quantitative estimate of drug-likeness (QED) is 0.890. The highest BCUT2D eigenvalue weighted by molar-refractivity contribution is 8.00. The van der Waals surface area contributed by atoms with Crippen molar-refractivity contribution in [2.24, 2.45) is 0 Å². The van der Waals surface area contributed by atoms with Gasteiger partial charge in [0.15, 0.2) is 0 Å². The van der Waals surface area contributed by atoms with Gasteiger partial charge in [0.2, 0.25) is 16.9 Å². The van der Waals surface area contributed by atoms with Crippen molar-refractivity contribution >= 4 is 40.0 Å². The lowest BCUT2D eigenvalue weighted by molar-refractivity contribution is -0.136. The van der Waals surface area contributed by atoms with Crippen LogP contribution in [0.5, 0.6) is 0 Å². The van der Waals surface area contributed by atoms with E-state index < -0.39 is 10.9 Å². The molecule has 8 heteroatoms. The average molecular weight is 374 g/mol. The van der Waals surface area contributed by atoms with E-state index in [1.54, 1.807) is 16.7 Å². The molecular weight excluding hydrogens is 356 g/mol. The number of anilines is 1. The standard InChI is InChI=1S/C17H18N4O2S2/c1-2-13-19-20-16(25-13)18-15(23)12-10-24-17(9-8-14(22)21(12)17)11-6-4-3-5-7-11/h3-7,12H,2,8-10H2,1H3,(H,18,20,23)/t12-,17-/m0/s1. The third kappa shape index (κ3) is 2.73. The Morgan fingerprint density at radius 1 is 1.36 bits per heavy atom. The number of hydrogen-bond acceptors (Lipinski definition) is 6. The van der Waals surface area contributed by atoms with Crippen LogP contribution in [0.15, 0.2) is 30.3 Å². The SMILES string of the molecule is CCc1nnc(NC(=O)[C@@H]2CS[C@]3(c4ccccc4)CCC(=O)N23)s1. The smallest absolute Gasteiger partial charge is 0.249 e. The molecule has 130 valence electrons. The van der Waals surface area contributed by atoms with Crippen molar-refractivity contribution in [2.45, 2.75) is 37.1 Å². The summed E-state index contributed by atoms with van der Waals surface area (Å²) in [5.74, 6) is 0.450. The number of aromatic nitrogens is 2. The van der Waals surface area contributed by atoms with Gasteiger partial charge in [-0.25, -0.2) is 0 Å². The fourth-order valence-electron chi connectivity index (χ4n) is 3.47. The van der Waals surface area contributed by atoms with Crippen molar-refractivity contribution in [3.63, 3.8) is 0 Å². The van der Waals surface area contributed by atoms with E-state index in [1.807, 2.05) is 37.3 Å². The Balaban J connectivity index is 1.59. The highest BCUT2D eigenvalue weighted by Crippen LogP contribution is 2.54. The van der Waals surface area contributed by atoms with E-state index in [2.05, 4.69) is 15.5 Å². The van der Waals surface area contributed by atoms with E-state index in [4.69, 9.17) is 0 Å². The van der Waals surface area contributed by atoms with Gasteiger partial charge in [-0.15, -0.1) is 22.0 Å². The van der Waals surface area contributed by atoms with E-state index in [9.17, 15) is 9.59 Å². The number of hydrogen-bond donors (Lipinski definition) is 1. The number of fused-ring (bicyclic) bond motifs is 1. The third-order valence-electron chi connectivity index (χ3n) is 4.65. The largest absolute Gasteiger partial charge is 0.311 e. The Morgan fingerprint density at radius 3 is 2.88 bits per heavy atom. The van der Waals surface area contributed by atoms with Crippen LogP contribution in [0, 0.1) is 0 Å². The van der Waals surface area contributed by atoms with Crippen molar-refractivity contribution in [2.75, 3.05) is 11.1 Å².